The third-order valence-electron chi connectivity index (χ3n) is 5.01. The summed E-state index contributed by atoms with van der Waals surface area (Å²) < 4.78 is 12.5. The second-order valence-corrected chi connectivity index (χ2v) is 7.30. The van der Waals surface area contributed by atoms with Crippen molar-refractivity contribution in [2.24, 2.45) is 0 Å². The molecule has 0 aromatic heterocycles. The molecule has 2 nitrogen and oxygen atoms in total. The van der Waals surface area contributed by atoms with Crippen molar-refractivity contribution in [1.29, 1.82) is 0 Å². The highest BCUT2D eigenvalue weighted by atomic mass is 35.5. The van der Waals surface area contributed by atoms with Crippen LogP contribution in [0.4, 0.5) is 0 Å². The van der Waals surface area contributed by atoms with Gasteiger partial charge in [-0.1, -0.05) is 37.6 Å². The van der Waals surface area contributed by atoms with Gasteiger partial charge in [0.05, 0.1) is 11.2 Å². The first-order valence-corrected chi connectivity index (χ1v) is 7.62. The standard InChI is InChI=1S/C16H24BClO2/c1-7-16(6,12-8-10-13(18)11-9-12)17-19-14(2,3)15(4,5)20-17/h8-11H,7H2,1-6H3/t16-/m1/s1. The van der Waals surface area contributed by atoms with Crippen molar-refractivity contribution in [3.05, 3.63) is 34.9 Å². The molecule has 0 aliphatic carbocycles. The number of rotatable bonds is 3. The van der Waals surface area contributed by atoms with Crippen LogP contribution >= 0.6 is 11.6 Å². The van der Waals surface area contributed by atoms with Gasteiger partial charge in [0, 0.05) is 10.3 Å². The fraction of sp³-hybridized carbons (Fsp3) is 0.625. The Morgan fingerprint density at radius 1 is 1.05 bits per heavy atom. The van der Waals surface area contributed by atoms with Crippen molar-refractivity contribution in [2.75, 3.05) is 0 Å². The molecule has 1 aromatic rings. The van der Waals surface area contributed by atoms with Crippen LogP contribution in [0.25, 0.3) is 0 Å². The van der Waals surface area contributed by atoms with Crippen molar-refractivity contribution in [2.45, 2.75) is 64.5 Å². The molecule has 1 aliphatic rings. The van der Waals surface area contributed by atoms with Crippen LogP contribution in [0.5, 0.6) is 0 Å². The van der Waals surface area contributed by atoms with Gasteiger partial charge in [0.1, 0.15) is 0 Å². The van der Waals surface area contributed by atoms with Gasteiger partial charge in [-0.2, -0.15) is 0 Å². The average molecular weight is 295 g/mol. The van der Waals surface area contributed by atoms with Crippen molar-refractivity contribution in [1.82, 2.24) is 0 Å². The zero-order chi connectivity index (χ0) is 15.2. The van der Waals surface area contributed by atoms with Gasteiger partial charge in [-0.15, -0.1) is 0 Å². The maximum Gasteiger partial charge on any atom is 0.468 e. The lowest BCUT2D eigenvalue weighted by Crippen LogP contribution is -2.43. The van der Waals surface area contributed by atoms with Crippen LogP contribution in [-0.2, 0) is 14.6 Å². The molecule has 0 saturated carbocycles. The summed E-state index contributed by atoms with van der Waals surface area (Å²) in [6, 6.07) is 7.99. The maximum absolute atomic E-state index is 6.25. The summed E-state index contributed by atoms with van der Waals surface area (Å²) >= 11 is 5.99. The van der Waals surface area contributed by atoms with E-state index in [0.29, 0.717) is 0 Å². The molecule has 4 heteroatoms. The average Bonchev–Trinajstić information content (AvgIpc) is 2.59. The molecule has 0 N–H and O–H groups in total. The first-order valence-electron chi connectivity index (χ1n) is 7.24. The molecule has 1 aromatic carbocycles. The number of hydrogen-bond acceptors (Lipinski definition) is 2. The van der Waals surface area contributed by atoms with Crippen LogP contribution in [0, 0.1) is 0 Å². The third kappa shape index (κ3) is 2.52. The van der Waals surface area contributed by atoms with E-state index in [1.165, 1.54) is 5.56 Å². The van der Waals surface area contributed by atoms with E-state index in [-0.39, 0.29) is 23.6 Å². The van der Waals surface area contributed by atoms with Crippen molar-refractivity contribution >= 4 is 18.7 Å². The van der Waals surface area contributed by atoms with E-state index in [4.69, 9.17) is 20.9 Å². The zero-order valence-corrected chi connectivity index (χ0v) is 14.0. The lowest BCUT2D eigenvalue weighted by molar-refractivity contribution is 0.00578. The number of benzene rings is 1. The largest absolute Gasteiger partial charge is 0.468 e. The van der Waals surface area contributed by atoms with E-state index in [1.807, 2.05) is 12.1 Å². The van der Waals surface area contributed by atoms with Crippen molar-refractivity contribution in [3.8, 4) is 0 Å². The summed E-state index contributed by atoms with van der Waals surface area (Å²) in [5.41, 5.74) is 0.587. The first-order chi connectivity index (χ1) is 9.12. The lowest BCUT2D eigenvalue weighted by Gasteiger charge is -2.32. The topological polar surface area (TPSA) is 18.5 Å². The summed E-state index contributed by atoms with van der Waals surface area (Å²) in [4.78, 5) is 0. The minimum atomic E-state index is -0.305. The van der Waals surface area contributed by atoms with Gasteiger partial charge in [-0.3, -0.25) is 0 Å². The van der Waals surface area contributed by atoms with Gasteiger partial charge in [0.15, 0.2) is 0 Å². The van der Waals surface area contributed by atoms with Gasteiger partial charge < -0.3 is 9.31 Å². The molecular formula is C16H24BClO2. The van der Waals surface area contributed by atoms with E-state index < -0.39 is 0 Å². The number of hydrogen-bond donors (Lipinski definition) is 0. The van der Waals surface area contributed by atoms with Gasteiger partial charge in [-0.05, 0) is 51.8 Å². The molecule has 110 valence electrons. The molecule has 20 heavy (non-hydrogen) atoms. The Hall–Kier alpha value is -0.505. The molecule has 1 heterocycles. The van der Waals surface area contributed by atoms with Crippen LogP contribution in [0.15, 0.2) is 24.3 Å². The molecule has 0 amide bonds. The summed E-state index contributed by atoms with van der Waals surface area (Å²) in [6.07, 6.45) is 0.936. The smallest absolute Gasteiger partial charge is 0.403 e. The van der Waals surface area contributed by atoms with E-state index in [2.05, 4.69) is 53.7 Å². The molecule has 0 bridgehead atoms. The summed E-state index contributed by atoms with van der Waals surface area (Å²) in [5, 5.41) is 0.566. The summed E-state index contributed by atoms with van der Waals surface area (Å²) in [5.74, 6) is 0. The van der Waals surface area contributed by atoms with Crippen LogP contribution in [0.1, 0.15) is 53.5 Å². The predicted octanol–water partition coefficient (Wildman–Crippen LogP) is 4.64. The van der Waals surface area contributed by atoms with Crippen molar-refractivity contribution in [3.63, 3.8) is 0 Å². The van der Waals surface area contributed by atoms with Crippen LogP contribution < -0.4 is 0 Å². The molecule has 1 aliphatic heterocycles. The first kappa shape index (κ1) is 15.9. The molecule has 1 saturated heterocycles. The van der Waals surface area contributed by atoms with Crippen LogP contribution in [-0.4, -0.2) is 18.3 Å². The Labute approximate surface area is 127 Å². The molecule has 1 fully saturated rings. The second-order valence-electron chi connectivity index (χ2n) is 6.87. The summed E-state index contributed by atoms with van der Waals surface area (Å²) in [6.45, 7) is 12.7. The Morgan fingerprint density at radius 2 is 1.50 bits per heavy atom. The van der Waals surface area contributed by atoms with E-state index in [0.717, 1.165) is 11.4 Å². The van der Waals surface area contributed by atoms with E-state index in [9.17, 15) is 0 Å². The fourth-order valence-corrected chi connectivity index (χ4v) is 2.57. The molecule has 0 spiro atoms. The van der Waals surface area contributed by atoms with E-state index in [1.54, 1.807) is 0 Å². The Balaban J connectivity index is 2.35. The SMILES string of the molecule is CC[C@@](C)(B1OC(C)(C)C(C)(C)O1)c1ccc(Cl)cc1. The Bertz CT molecular complexity index is 468. The van der Waals surface area contributed by atoms with Gasteiger partial charge in [0.2, 0.25) is 0 Å². The molecule has 0 radical (unpaired) electrons. The second kappa shape index (κ2) is 5.05. The Morgan fingerprint density at radius 3 is 1.90 bits per heavy atom. The van der Waals surface area contributed by atoms with Crippen molar-refractivity contribution < 1.29 is 9.31 Å². The lowest BCUT2D eigenvalue weighted by atomic mass is 9.53. The van der Waals surface area contributed by atoms with E-state index >= 15 is 0 Å². The highest BCUT2D eigenvalue weighted by Crippen LogP contribution is 2.44. The number of halogens is 1. The van der Waals surface area contributed by atoms with Gasteiger partial charge >= 0.3 is 7.12 Å². The van der Waals surface area contributed by atoms with Crippen LogP contribution in [0.3, 0.4) is 0 Å². The normalized spacial score (nSPS) is 23.6. The van der Waals surface area contributed by atoms with Gasteiger partial charge in [0.25, 0.3) is 0 Å². The van der Waals surface area contributed by atoms with Crippen LogP contribution in [0.2, 0.25) is 5.02 Å². The third-order valence-corrected chi connectivity index (χ3v) is 5.26. The maximum atomic E-state index is 6.25. The molecule has 1 atom stereocenters. The highest BCUT2D eigenvalue weighted by molar-refractivity contribution is 6.49. The zero-order valence-electron chi connectivity index (χ0n) is 13.3. The Kier molecular flexibility index (Phi) is 4.01. The highest BCUT2D eigenvalue weighted by Gasteiger charge is 2.57. The minimum absolute atomic E-state index is 0.185. The quantitative estimate of drug-likeness (QED) is 0.756. The molecular weight excluding hydrogens is 270 g/mol. The predicted molar refractivity (Wildman–Crippen MR) is 85.2 cm³/mol. The minimum Gasteiger partial charge on any atom is -0.403 e. The van der Waals surface area contributed by atoms with Gasteiger partial charge in [-0.25, -0.2) is 0 Å². The monoisotopic (exact) mass is 294 g/mol. The molecule has 0 unspecified atom stereocenters. The fourth-order valence-electron chi connectivity index (χ4n) is 2.44. The summed E-state index contributed by atoms with van der Waals surface area (Å²) in [7, 11) is -0.251. The molecule has 2 rings (SSSR count).